The Kier molecular flexibility index (Phi) is 5.10. The summed E-state index contributed by atoms with van der Waals surface area (Å²) < 4.78 is 2.45. The number of hydrogen-bond donors (Lipinski definition) is 1. The molecule has 0 amide bonds. The first-order valence-electron chi connectivity index (χ1n) is 6.24. The van der Waals surface area contributed by atoms with Crippen LogP contribution in [0.5, 0.6) is 0 Å². The normalized spacial score (nSPS) is 13.7. The zero-order chi connectivity index (χ0) is 13.9. The van der Waals surface area contributed by atoms with Gasteiger partial charge in [-0.25, -0.2) is 0 Å². The Hall–Kier alpha value is -0.680. The van der Waals surface area contributed by atoms with E-state index < -0.39 is 0 Å². The first-order chi connectivity index (χ1) is 8.24. The van der Waals surface area contributed by atoms with Crippen molar-refractivity contribution in [3.05, 3.63) is 16.4 Å². The molecule has 0 bridgehead atoms. The van der Waals surface area contributed by atoms with Crippen molar-refractivity contribution in [3.8, 4) is 0 Å². The van der Waals surface area contributed by atoms with E-state index in [1.807, 2.05) is 6.92 Å². The molecular formula is C13H22BrN3O. The van der Waals surface area contributed by atoms with Gasteiger partial charge >= 0.3 is 0 Å². The van der Waals surface area contributed by atoms with Gasteiger partial charge in [-0.3, -0.25) is 9.48 Å². The lowest BCUT2D eigenvalue weighted by molar-refractivity contribution is 0.0957. The lowest BCUT2D eigenvalue weighted by atomic mass is 9.86. The molecule has 0 radical (unpaired) electrons. The average molecular weight is 316 g/mol. The molecule has 0 aromatic carbocycles. The van der Waals surface area contributed by atoms with Crippen molar-refractivity contribution in [3.63, 3.8) is 0 Å². The molecule has 1 atom stereocenters. The molecule has 2 N–H and O–H groups in total. The van der Waals surface area contributed by atoms with Crippen molar-refractivity contribution in [2.75, 3.05) is 0 Å². The summed E-state index contributed by atoms with van der Waals surface area (Å²) in [6.07, 6.45) is 2.85. The Bertz CT molecular complexity index is 420. The number of carbonyl (C=O) groups excluding carboxylic acids is 1. The van der Waals surface area contributed by atoms with Crippen LogP contribution in [-0.2, 0) is 6.54 Å². The van der Waals surface area contributed by atoms with Crippen molar-refractivity contribution >= 4 is 21.7 Å². The van der Waals surface area contributed by atoms with E-state index in [0.717, 1.165) is 10.9 Å². The van der Waals surface area contributed by atoms with Gasteiger partial charge in [0.1, 0.15) is 5.69 Å². The van der Waals surface area contributed by atoms with Gasteiger partial charge in [-0.1, -0.05) is 20.8 Å². The number of ketones is 1. The van der Waals surface area contributed by atoms with E-state index in [9.17, 15) is 4.79 Å². The summed E-state index contributed by atoms with van der Waals surface area (Å²) in [4.78, 5) is 12.2. The number of aromatic nitrogens is 2. The maximum atomic E-state index is 12.2. The van der Waals surface area contributed by atoms with Gasteiger partial charge in [0.25, 0.3) is 0 Å². The smallest absolute Gasteiger partial charge is 0.183 e. The van der Waals surface area contributed by atoms with Gasteiger partial charge in [0.15, 0.2) is 5.78 Å². The third kappa shape index (κ3) is 4.21. The van der Waals surface area contributed by atoms with Gasteiger partial charge in [0, 0.05) is 19.0 Å². The standard InChI is InChI=1S/C13H22BrN3O/c1-5-17-12(10(14)8-16-17)11(18)6-9(15)7-13(2,3)4/h8-9H,5-7,15H2,1-4H3. The zero-order valence-electron chi connectivity index (χ0n) is 11.5. The van der Waals surface area contributed by atoms with Gasteiger partial charge in [-0.15, -0.1) is 0 Å². The minimum Gasteiger partial charge on any atom is -0.327 e. The molecule has 1 rings (SSSR count). The largest absolute Gasteiger partial charge is 0.327 e. The van der Waals surface area contributed by atoms with Crippen LogP contribution in [0.3, 0.4) is 0 Å². The van der Waals surface area contributed by atoms with Crippen LogP contribution in [-0.4, -0.2) is 21.6 Å². The number of halogens is 1. The lowest BCUT2D eigenvalue weighted by Crippen LogP contribution is -2.29. The SMILES string of the molecule is CCn1ncc(Br)c1C(=O)CC(N)CC(C)(C)C. The molecule has 1 heterocycles. The highest BCUT2D eigenvalue weighted by atomic mass is 79.9. The van der Waals surface area contributed by atoms with E-state index in [4.69, 9.17) is 5.73 Å². The van der Waals surface area contributed by atoms with Crippen LogP contribution in [0.25, 0.3) is 0 Å². The highest BCUT2D eigenvalue weighted by molar-refractivity contribution is 9.10. The fraction of sp³-hybridized carbons (Fsp3) is 0.692. The Morgan fingerprint density at radius 3 is 2.67 bits per heavy atom. The molecule has 0 saturated carbocycles. The van der Waals surface area contributed by atoms with Crippen molar-refractivity contribution in [1.29, 1.82) is 0 Å². The maximum Gasteiger partial charge on any atom is 0.183 e. The van der Waals surface area contributed by atoms with E-state index in [1.165, 1.54) is 0 Å². The van der Waals surface area contributed by atoms with Crippen molar-refractivity contribution in [2.24, 2.45) is 11.1 Å². The number of nitrogens with zero attached hydrogens (tertiary/aromatic N) is 2. The molecule has 4 nitrogen and oxygen atoms in total. The minimum absolute atomic E-state index is 0.0537. The van der Waals surface area contributed by atoms with E-state index in [1.54, 1.807) is 10.9 Å². The summed E-state index contributed by atoms with van der Waals surface area (Å²) in [5, 5.41) is 4.15. The van der Waals surface area contributed by atoms with Crippen LogP contribution in [0.15, 0.2) is 10.7 Å². The van der Waals surface area contributed by atoms with Crippen molar-refractivity contribution in [1.82, 2.24) is 9.78 Å². The summed E-state index contributed by atoms with van der Waals surface area (Å²) in [7, 11) is 0. The average Bonchev–Trinajstić information content (AvgIpc) is 2.56. The zero-order valence-corrected chi connectivity index (χ0v) is 13.1. The summed E-state index contributed by atoms with van der Waals surface area (Å²) in [6, 6.07) is -0.107. The molecule has 1 aromatic rings. The van der Waals surface area contributed by atoms with Gasteiger partial charge in [0.2, 0.25) is 0 Å². The number of nitrogens with two attached hydrogens (primary N) is 1. The lowest BCUT2D eigenvalue weighted by Gasteiger charge is -2.22. The second-order valence-corrected chi connectivity index (χ2v) is 6.66. The molecule has 1 aromatic heterocycles. The predicted molar refractivity (Wildman–Crippen MR) is 76.6 cm³/mol. The second kappa shape index (κ2) is 5.97. The highest BCUT2D eigenvalue weighted by Crippen LogP contribution is 2.23. The molecule has 0 aliphatic rings. The van der Waals surface area contributed by atoms with Gasteiger partial charge in [-0.2, -0.15) is 5.10 Å². The first-order valence-corrected chi connectivity index (χ1v) is 7.04. The van der Waals surface area contributed by atoms with Crippen LogP contribution in [0.2, 0.25) is 0 Å². The Morgan fingerprint density at radius 2 is 2.17 bits per heavy atom. The number of rotatable bonds is 5. The third-order valence-electron chi connectivity index (χ3n) is 2.68. The highest BCUT2D eigenvalue weighted by Gasteiger charge is 2.22. The van der Waals surface area contributed by atoms with Crippen LogP contribution < -0.4 is 5.73 Å². The topological polar surface area (TPSA) is 60.9 Å². The molecule has 1 unspecified atom stereocenters. The van der Waals surface area contributed by atoms with E-state index in [2.05, 4.69) is 41.8 Å². The summed E-state index contributed by atoms with van der Waals surface area (Å²) in [5.41, 5.74) is 6.81. The van der Waals surface area contributed by atoms with Crippen LogP contribution in [0, 0.1) is 5.41 Å². The van der Waals surface area contributed by atoms with Crippen LogP contribution in [0.1, 0.15) is 51.0 Å². The monoisotopic (exact) mass is 315 g/mol. The Morgan fingerprint density at radius 1 is 1.56 bits per heavy atom. The van der Waals surface area contributed by atoms with E-state index in [-0.39, 0.29) is 17.2 Å². The summed E-state index contributed by atoms with van der Waals surface area (Å²) >= 11 is 3.36. The number of aryl methyl sites for hydroxylation is 1. The molecular weight excluding hydrogens is 294 g/mol. The van der Waals surface area contributed by atoms with E-state index >= 15 is 0 Å². The van der Waals surface area contributed by atoms with Gasteiger partial charge < -0.3 is 5.73 Å². The van der Waals surface area contributed by atoms with Crippen molar-refractivity contribution in [2.45, 2.75) is 53.1 Å². The summed E-state index contributed by atoms with van der Waals surface area (Å²) in [6.45, 7) is 9.03. The fourth-order valence-corrected chi connectivity index (χ4v) is 2.59. The fourth-order valence-electron chi connectivity index (χ4n) is 2.07. The molecule has 102 valence electrons. The first kappa shape index (κ1) is 15.4. The maximum absolute atomic E-state index is 12.2. The molecule has 0 aliphatic carbocycles. The molecule has 5 heteroatoms. The van der Waals surface area contributed by atoms with Crippen LogP contribution >= 0.6 is 15.9 Å². The summed E-state index contributed by atoms with van der Waals surface area (Å²) in [5.74, 6) is 0.0537. The number of carbonyl (C=O) groups is 1. The van der Waals surface area contributed by atoms with Gasteiger partial charge in [-0.05, 0) is 34.7 Å². The molecule has 0 fully saturated rings. The van der Waals surface area contributed by atoms with Crippen LogP contribution in [0.4, 0.5) is 0 Å². The molecule has 0 saturated heterocycles. The number of Topliss-reactive ketones (excluding diaryl/α,β-unsaturated/α-hetero) is 1. The second-order valence-electron chi connectivity index (χ2n) is 5.81. The third-order valence-corrected chi connectivity index (χ3v) is 3.26. The molecule has 0 spiro atoms. The quantitative estimate of drug-likeness (QED) is 0.850. The predicted octanol–water partition coefficient (Wildman–Crippen LogP) is 3.00. The molecule has 0 aliphatic heterocycles. The van der Waals surface area contributed by atoms with Gasteiger partial charge in [0.05, 0.1) is 10.7 Å². The Balaban J connectivity index is 2.73. The minimum atomic E-state index is -0.107. The number of hydrogen-bond acceptors (Lipinski definition) is 3. The van der Waals surface area contributed by atoms with E-state index in [0.29, 0.717) is 18.7 Å². The Labute approximate surface area is 117 Å². The molecule has 18 heavy (non-hydrogen) atoms. The van der Waals surface area contributed by atoms with Crippen molar-refractivity contribution < 1.29 is 4.79 Å².